The molecule has 0 radical (unpaired) electrons. The molecular weight excluding hydrogens is 262 g/mol. The van der Waals surface area contributed by atoms with E-state index in [-0.39, 0.29) is 17.3 Å². The van der Waals surface area contributed by atoms with E-state index in [0.717, 1.165) is 12.8 Å². The highest BCUT2D eigenvalue weighted by molar-refractivity contribution is 7.86. The van der Waals surface area contributed by atoms with Gasteiger partial charge in [0.25, 0.3) is 0 Å². The number of carbonyl (C=O) groups is 1. The van der Waals surface area contributed by atoms with E-state index in [1.54, 1.807) is 4.90 Å². The van der Waals surface area contributed by atoms with Gasteiger partial charge in [-0.2, -0.15) is 0 Å². The fourth-order valence-corrected chi connectivity index (χ4v) is 2.96. The highest BCUT2D eigenvalue weighted by atomic mass is 35.5. The van der Waals surface area contributed by atoms with Crippen LogP contribution < -0.4 is 0 Å². The molecule has 2 atom stereocenters. The summed E-state index contributed by atoms with van der Waals surface area (Å²) < 4.78 is 16.7. The summed E-state index contributed by atoms with van der Waals surface area (Å²) in [5.41, 5.74) is -0.490. The molecule has 1 rings (SSSR count). The summed E-state index contributed by atoms with van der Waals surface area (Å²) in [6, 6.07) is 0.00410. The molecule has 6 heteroatoms. The van der Waals surface area contributed by atoms with Gasteiger partial charge in [-0.3, -0.25) is 4.21 Å². The van der Waals surface area contributed by atoms with E-state index in [2.05, 4.69) is 0 Å². The lowest BCUT2D eigenvalue weighted by molar-refractivity contribution is 0.0241. The zero-order valence-corrected chi connectivity index (χ0v) is 12.1. The number of halogens is 1. The Morgan fingerprint density at radius 1 is 1.53 bits per heavy atom. The highest BCUT2D eigenvalue weighted by Crippen LogP contribution is 2.21. The number of likely N-dealkylation sites (tertiary alicyclic amines) is 1. The summed E-state index contributed by atoms with van der Waals surface area (Å²) in [6.07, 6.45) is 1.50. The minimum atomic E-state index is -1.06. The maximum atomic E-state index is 11.9. The summed E-state index contributed by atoms with van der Waals surface area (Å²) in [4.78, 5) is 13.6. The summed E-state index contributed by atoms with van der Waals surface area (Å²) in [5, 5.41) is 0.124. The van der Waals surface area contributed by atoms with Crippen LogP contribution in [0.1, 0.15) is 33.6 Å². The molecule has 1 heterocycles. The molecule has 0 bridgehead atoms. The first-order valence-electron chi connectivity index (χ1n) is 5.74. The summed E-state index contributed by atoms with van der Waals surface area (Å²) in [7, 11) is -1.06. The van der Waals surface area contributed by atoms with Crippen molar-refractivity contribution in [2.75, 3.05) is 17.5 Å². The van der Waals surface area contributed by atoms with Crippen LogP contribution in [-0.2, 0) is 15.5 Å². The van der Waals surface area contributed by atoms with E-state index in [0.29, 0.717) is 12.3 Å². The first-order valence-corrected chi connectivity index (χ1v) is 7.76. The summed E-state index contributed by atoms with van der Waals surface area (Å²) >= 11 is 5.53. The standard InChI is InChI=1S/C11H20ClNO3S/c1-11(2,3)16-10(14)13-6-4-5-9(13)7-17(15)8-12/h9H,4-8H2,1-3H3/t9-,17?/m0/s1. The quantitative estimate of drug-likeness (QED) is 0.746. The van der Waals surface area contributed by atoms with Gasteiger partial charge in [0, 0.05) is 29.1 Å². The molecular formula is C11H20ClNO3S. The van der Waals surface area contributed by atoms with E-state index >= 15 is 0 Å². The molecule has 0 saturated carbocycles. The molecule has 0 aromatic rings. The second-order valence-electron chi connectivity index (χ2n) is 5.19. The normalized spacial score (nSPS) is 22.6. The van der Waals surface area contributed by atoms with Gasteiger partial charge < -0.3 is 9.64 Å². The van der Waals surface area contributed by atoms with Crippen molar-refractivity contribution in [3.63, 3.8) is 0 Å². The maximum absolute atomic E-state index is 11.9. The number of amides is 1. The predicted molar refractivity (Wildman–Crippen MR) is 69.7 cm³/mol. The molecule has 0 spiro atoms. The van der Waals surface area contributed by atoms with E-state index < -0.39 is 16.4 Å². The Kier molecular flexibility index (Phi) is 5.25. The maximum Gasteiger partial charge on any atom is 0.410 e. The van der Waals surface area contributed by atoms with Gasteiger partial charge in [-0.25, -0.2) is 4.79 Å². The van der Waals surface area contributed by atoms with Crippen LogP contribution in [0.15, 0.2) is 0 Å². The first-order chi connectivity index (χ1) is 7.83. The molecule has 1 aliphatic rings. The van der Waals surface area contributed by atoms with Gasteiger partial charge in [-0.15, -0.1) is 11.6 Å². The van der Waals surface area contributed by atoms with Gasteiger partial charge in [0.15, 0.2) is 0 Å². The molecule has 0 aromatic heterocycles. The van der Waals surface area contributed by atoms with Crippen molar-refractivity contribution in [1.29, 1.82) is 0 Å². The highest BCUT2D eigenvalue weighted by Gasteiger charge is 2.32. The molecule has 100 valence electrons. The summed E-state index contributed by atoms with van der Waals surface area (Å²) in [5.74, 6) is 0.447. The molecule has 1 unspecified atom stereocenters. The van der Waals surface area contributed by atoms with Crippen LogP contribution in [0.4, 0.5) is 4.79 Å². The monoisotopic (exact) mass is 281 g/mol. The van der Waals surface area contributed by atoms with Crippen LogP contribution in [0.5, 0.6) is 0 Å². The lowest BCUT2D eigenvalue weighted by atomic mass is 10.2. The van der Waals surface area contributed by atoms with Crippen molar-refractivity contribution in [3.05, 3.63) is 0 Å². The average molecular weight is 282 g/mol. The molecule has 4 nitrogen and oxygen atoms in total. The number of nitrogens with zero attached hydrogens (tertiary/aromatic N) is 1. The van der Waals surface area contributed by atoms with Gasteiger partial charge in [0.05, 0.1) is 5.21 Å². The van der Waals surface area contributed by atoms with Gasteiger partial charge in [-0.05, 0) is 33.6 Å². The Labute approximate surface area is 110 Å². The Bertz CT molecular complexity index is 304. The van der Waals surface area contributed by atoms with Crippen LogP contribution in [0, 0.1) is 0 Å². The minimum Gasteiger partial charge on any atom is -0.444 e. The van der Waals surface area contributed by atoms with E-state index in [9.17, 15) is 9.00 Å². The van der Waals surface area contributed by atoms with Crippen LogP contribution in [0.25, 0.3) is 0 Å². The number of carbonyl (C=O) groups excluding carboxylic acids is 1. The van der Waals surface area contributed by atoms with Gasteiger partial charge in [-0.1, -0.05) is 0 Å². The van der Waals surface area contributed by atoms with Crippen molar-refractivity contribution in [3.8, 4) is 0 Å². The molecule has 0 aromatic carbocycles. The fourth-order valence-electron chi connectivity index (χ4n) is 1.83. The lowest BCUT2D eigenvalue weighted by Crippen LogP contribution is -2.42. The van der Waals surface area contributed by atoms with Crippen LogP contribution in [0.2, 0.25) is 0 Å². The molecule has 1 saturated heterocycles. The summed E-state index contributed by atoms with van der Waals surface area (Å²) in [6.45, 7) is 6.20. The van der Waals surface area contributed by atoms with Crippen molar-refractivity contribution in [1.82, 2.24) is 4.90 Å². The van der Waals surface area contributed by atoms with Gasteiger partial charge >= 0.3 is 6.09 Å². The lowest BCUT2D eigenvalue weighted by Gasteiger charge is -2.28. The zero-order chi connectivity index (χ0) is 13.1. The number of rotatable bonds is 3. The predicted octanol–water partition coefficient (Wildman–Crippen LogP) is 2.33. The minimum absolute atomic E-state index is 0.00410. The largest absolute Gasteiger partial charge is 0.444 e. The number of alkyl halides is 1. The van der Waals surface area contributed by atoms with Crippen LogP contribution in [0.3, 0.4) is 0 Å². The van der Waals surface area contributed by atoms with Crippen LogP contribution in [-0.4, -0.2) is 44.4 Å². The third-order valence-corrected chi connectivity index (χ3v) is 4.24. The Morgan fingerprint density at radius 2 is 2.18 bits per heavy atom. The zero-order valence-electron chi connectivity index (χ0n) is 10.6. The van der Waals surface area contributed by atoms with Crippen molar-refractivity contribution in [2.24, 2.45) is 0 Å². The molecule has 0 aliphatic carbocycles. The van der Waals surface area contributed by atoms with Gasteiger partial charge in [0.1, 0.15) is 5.60 Å². The second-order valence-corrected chi connectivity index (χ2v) is 7.27. The second kappa shape index (κ2) is 6.05. The van der Waals surface area contributed by atoms with Crippen LogP contribution >= 0.6 is 11.6 Å². The Balaban J connectivity index is 2.57. The number of hydrogen-bond acceptors (Lipinski definition) is 3. The molecule has 0 N–H and O–H groups in total. The number of hydrogen-bond donors (Lipinski definition) is 0. The molecule has 1 fully saturated rings. The van der Waals surface area contributed by atoms with Crippen molar-refractivity contribution in [2.45, 2.75) is 45.3 Å². The topological polar surface area (TPSA) is 46.6 Å². The van der Waals surface area contributed by atoms with Crippen molar-refractivity contribution >= 4 is 28.5 Å². The van der Waals surface area contributed by atoms with E-state index in [1.165, 1.54) is 0 Å². The SMILES string of the molecule is CC(C)(C)OC(=O)N1CCC[C@H]1CS(=O)CCl. The number of ether oxygens (including phenoxy) is 1. The Hall–Kier alpha value is -0.290. The van der Waals surface area contributed by atoms with E-state index in [1.807, 2.05) is 20.8 Å². The molecule has 1 aliphatic heterocycles. The van der Waals surface area contributed by atoms with Crippen molar-refractivity contribution < 1.29 is 13.7 Å². The first kappa shape index (κ1) is 14.8. The molecule has 1 amide bonds. The van der Waals surface area contributed by atoms with E-state index in [4.69, 9.17) is 16.3 Å². The Morgan fingerprint density at radius 3 is 2.71 bits per heavy atom. The van der Waals surface area contributed by atoms with Gasteiger partial charge in [0.2, 0.25) is 0 Å². The third kappa shape index (κ3) is 4.84. The smallest absolute Gasteiger partial charge is 0.410 e. The third-order valence-electron chi connectivity index (χ3n) is 2.51. The molecule has 17 heavy (non-hydrogen) atoms. The fraction of sp³-hybridized carbons (Fsp3) is 0.909. The average Bonchev–Trinajstić information content (AvgIpc) is 2.63.